The van der Waals surface area contributed by atoms with Crippen molar-refractivity contribution in [3.8, 4) is 0 Å². The van der Waals surface area contributed by atoms with Crippen LogP contribution >= 0.6 is 11.6 Å². The van der Waals surface area contributed by atoms with Crippen LogP contribution in [0.15, 0.2) is 41.3 Å². The molecule has 0 bridgehead atoms. The van der Waals surface area contributed by atoms with E-state index in [1.54, 1.807) is 12.1 Å². The molecule has 1 amide bonds. The van der Waals surface area contributed by atoms with Crippen molar-refractivity contribution in [2.24, 2.45) is 0 Å². The van der Waals surface area contributed by atoms with Crippen molar-refractivity contribution in [1.82, 2.24) is 4.31 Å². The number of hydrogen-bond donors (Lipinski definition) is 0. The molecule has 0 radical (unpaired) electrons. The minimum absolute atomic E-state index is 0.0282. The zero-order chi connectivity index (χ0) is 19.1. The molecule has 0 spiro atoms. The lowest BCUT2D eigenvalue weighted by Gasteiger charge is -2.30. The smallest absolute Gasteiger partial charge is 0.258 e. The molecule has 0 fully saturated rings. The number of aryl methyl sites for hydroxylation is 1. The van der Waals surface area contributed by atoms with Crippen LogP contribution < -0.4 is 4.90 Å². The molecule has 2 aromatic carbocycles. The Morgan fingerprint density at radius 2 is 1.96 bits per heavy atom. The fourth-order valence-corrected chi connectivity index (χ4v) is 4.39. The molecule has 0 aliphatic carbocycles. The zero-order valence-electron chi connectivity index (χ0n) is 14.4. The second-order valence-corrected chi connectivity index (χ2v) is 8.77. The molecule has 0 unspecified atom stereocenters. The summed E-state index contributed by atoms with van der Waals surface area (Å²) < 4.78 is 40.2. The van der Waals surface area contributed by atoms with E-state index in [1.165, 1.54) is 43.3 Å². The Hall–Kier alpha value is -1.96. The summed E-state index contributed by atoms with van der Waals surface area (Å²) in [5.74, 6) is -0.923. The molecular weight excluding hydrogens is 379 g/mol. The van der Waals surface area contributed by atoms with Gasteiger partial charge in [-0.25, -0.2) is 17.1 Å². The van der Waals surface area contributed by atoms with Crippen molar-refractivity contribution in [2.45, 2.75) is 17.7 Å². The van der Waals surface area contributed by atoms with E-state index in [2.05, 4.69) is 0 Å². The first-order chi connectivity index (χ1) is 12.2. The fourth-order valence-electron chi connectivity index (χ4n) is 2.99. The van der Waals surface area contributed by atoms with E-state index in [0.29, 0.717) is 19.4 Å². The number of nitrogens with zero attached hydrogens (tertiary/aromatic N) is 2. The molecule has 0 saturated heterocycles. The van der Waals surface area contributed by atoms with E-state index in [-0.39, 0.29) is 21.2 Å². The van der Waals surface area contributed by atoms with Gasteiger partial charge in [0, 0.05) is 26.2 Å². The molecule has 1 aliphatic rings. The largest absolute Gasteiger partial charge is 0.305 e. The number of benzene rings is 2. The highest BCUT2D eigenvalue weighted by molar-refractivity contribution is 7.89. The van der Waals surface area contributed by atoms with Crippen molar-refractivity contribution in [3.63, 3.8) is 0 Å². The summed E-state index contributed by atoms with van der Waals surface area (Å²) >= 11 is 6.03. The van der Waals surface area contributed by atoms with Gasteiger partial charge in [0.1, 0.15) is 10.7 Å². The van der Waals surface area contributed by atoms with E-state index in [4.69, 9.17) is 11.6 Å². The monoisotopic (exact) mass is 396 g/mol. The number of fused-ring (bicyclic) bond motifs is 1. The van der Waals surface area contributed by atoms with Crippen molar-refractivity contribution in [1.29, 1.82) is 0 Å². The Balaban J connectivity index is 2.06. The second kappa shape index (κ2) is 6.98. The van der Waals surface area contributed by atoms with Gasteiger partial charge in [0.05, 0.1) is 10.7 Å². The van der Waals surface area contributed by atoms with Gasteiger partial charge >= 0.3 is 0 Å². The van der Waals surface area contributed by atoms with E-state index < -0.39 is 21.7 Å². The highest BCUT2D eigenvalue weighted by Gasteiger charge is 2.28. The fraction of sp³-hybridized carbons (Fsp3) is 0.278. The molecule has 0 aromatic heterocycles. The molecule has 2 aromatic rings. The van der Waals surface area contributed by atoms with Gasteiger partial charge in [0.2, 0.25) is 10.0 Å². The summed E-state index contributed by atoms with van der Waals surface area (Å²) in [5, 5.41) is 0.0282. The van der Waals surface area contributed by atoms with Gasteiger partial charge in [0.15, 0.2) is 0 Å². The highest BCUT2D eigenvalue weighted by Crippen LogP contribution is 2.32. The lowest BCUT2D eigenvalue weighted by Crippen LogP contribution is -2.36. The predicted molar refractivity (Wildman–Crippen MR) is 98.7 cm³/mol. The summed E-state index contributed by atoms with van der Waals surface area (Å²) in [6.45, 7) is 0.366. The molecule has 26 heavy (non-hydrogen) atoms. The number of anilines is 1. The minimum Gasteiger partial charge on any atom is -0.305 e. The van der Waals surface area contributed by atoms with Gasteiger partial charge < -0.3 is 4.90 Å². The number of para-hydroxylation sites is 1. The van der Waals surface area contributed by atoms with Crippen molar-refractivity contribution in [3.05, 3.63) is 58.4 Å². The Morgan fingerprint density at radius 1 is 1.23 bits per heavy atom. The Kier molecular flexibility index (Phi) is 5.05. The van der Waals surface area contributed by atoms with E-state index >= 15 is 0 Å². The van der Waals surface area contributed by atoms with Crippen LogP contribution in [-0.4, -0.2) is 39.3 Å². The molecule has 1 heterocycles. The maximum Gasteiger partial charge on any atom is 0.258 e. The Morgan fingerprint density at radius 3 is 2.65 bits per heavy atom. The van der Waals surface area contributed by atoms with Crippen LogP contribution in [0.5, 0.6) is 0 Å². The summed E-state index contributed by atoms with van der Waals surface area (Å²) in [6, 6.07) is 8.79. The number of carbonyl (C=O) groups excluding carboxylic acids is 1. The van der Waals surface area contributed by atoms with Crippen LogP contribution in [0.25, 0.3) is 0 Å². The minimum atomic E-state index is -3.81. The van der Waals surface area contributed by atoms with Gasteiger partial charge in [-0.3, -0.25) is 4.79 Å². The van der Waals surface area contributed by atoms with Crippen LogP contribution in [0.1, 0.15) is 22.3 Å². The lowest BCUT2D eigenvalue weighted by atomic mass is 10.0. The third kappa shape index (κ3) is 3.22. The number of sulfonamides is 1. The van der Waals surface area contributed by atoms with E-state index in [1.807, 2.05) is 0 Å². The number of rotatable bonds is 3. The van der Waals surface area contributed by atoms with Gasteiger partial charge in [-0.1, -0.05) is 23.7 Å². The number of hydrogen-bond acceptors (Lipinski definition) is 3. The van der Waals surface area contributed by atoms with Gasteiger partial charge in [-0.15, -0.1) is 0 Å². The topological polar surface area (TPSA) is 57.7 Å². The molecule has 0 atom stereocenters. The first kappa shape index (κ1) is 18.8. The SMILES string of the molecule is CN(C)S(=O)(=O)c1cc(C(=O)N2CCCc3cccc(F)c32)ccc1Cl. The van der Waals surface area contributed by atoms with Gasteiger partial charge in [-0.05, 0) is 42.7 Å². The van der Waals surface area contributed by atoms with Gasteiger partial charge in [-0.2, -0.15) is 0 Å². The van der Waals surface area contributed by atoms with Crippen molar-refractivity contribution >= 4 is 33.2 Å². The molecule has 138 valence electrons. The third-order valence-electron chi connectivity index (χ3n) is 4.35. The standard InChI is InChI=1S/C18H18ClFN2O3S/c1-21(2)26(24,25)16-11-13(8-9-14(16)19)18(23)22-10-4-6-12-5-3-7-15(20)17(12)22/h3,5,7-9,11H,4,6,10H2,1-2H3. The molecule has 0 saturated carbocycles. The quantitative estimate of drug-likeness (QED) is 0.799. The molecule has 1 aliphatic heterocycles. The van der Waals surface area contributed by atoms with Crippen molar-refractivity contribution < 1.29 is 17.6 Å². The van der Waals surface area contributed by atoms with Crippen LogP contribution in [0.3, 0.4) is 0 Å². The lowest BCUT2D eigenvalue weighted by molar-refractivity contribution is 0.0984. The zero-order valence-corrected chi connectivity index (χ0v) is 15.9. The second-order valence-electron chi connectivity index (χ2n) is 6.24. The molecule has 0 N–H and O–H groups in total. The Labute approximate surface area is 157 Å². The number of carbonyl (C=O) groups is 1. The maximum atomic E-state index is 14.3. The van der Waals surface area contributed by atoms with Crippen LogP contribution in [0.4, 0.5) is 10.1 Å². The number of amides is 1. The maximum absolute atomic E-state index is 14.3. The van der Waals surface area contributed by atoms with E-state index in [9.17, 15) is 17.6 Å². The van der Waals surface area contributed by atoms with Crippen LogP contribution in [0, 0.1) is 5.82 Å². The molecule has 3 rings (SSSR count). The van der Waals surface area contributed by atoms with Crippen molar-refractivity contribution in [2.75, 3.05) is 25.5 Å². The first-order valence-corrected chi connectivity index (χ1v) is 9.86. The highest BCUT2D eigenvalue weighted by atomic mass is 35.5. The van der Waals surface area contributed by atoms with Gasteiger partial charge in [0.25, 0.3) is 5.91 Å². The summed E-state index contributed by atoms with van der Waals surface area (Å²) in [4.78, 5) is 14.2. The summed E-state index contributed by atoms with van der Waals surface area (Å²) in [5.41, 5.74) is 1.17. The molecule has 8 heteroatoms. The average molecular weight is 397 g/mol. The van der Waals surface area contributed by atoms with Crippen LogP contribution in [0.2, 0.25) is 5.02 Å². The third-order valence-corrected chi connectivity index (χ3v) is 6.65. The summed E-state index contributed by atoms with van der Waals surface area (Å²) in [7, 11) is -1.04. The molecule has 5 nitrogen and oxygen atoms in total. The van der Waals surface area contributed by atoms with E-state index in [0.717, 1.165) is 9.87 Å². The molecular formula is C18H18ClFN2O3S. The number of halogens is 2. The van der Waals surface area contributed by atoms with Crippen LogP contribution in [-0.2, 0) is 16.4 Å². The summed E-state index contributed by atoms with van der Waals surface area (Å²) in [6.07, 6.45) is 1.40. The Bertz CT molecular complexity index is 976. The first-order valence-electron chi connectivity index (χ1n) is 8.05. The average Bonchev–Trinajstić information content (AvgIpc) is 2.61. The normalized spacial score (nSPS) is 14.4. The predicted octanol–water partition coefficient (Wildman–Crippen LogP) is 3.32.